The van der Waals surface area contributed by atoms with Crippen LogP contribution in [0.1, 0.15) is 51.5 Å². The van der Waals surface area contributed by atoms with Crippen LogP contribution in [0.3, 0.4) is 0 Å². The number of likely N-dealkylation sites (tertiary alicyclic amines) is 1. The highest BCUT2D eigenvalue weighted by molar-refractivity contribution is 8.02. The van der Waals surface area contributed by atoms with Crippen molar-refractivity contribution in [1.82, 2.24) is 15.5 Å². The number of benzene rings is 1. The highest BCUT2D eigenvalue weighted by Gasteiger charge is 2.73. The third kappa shape index (κ3) is 4.28. The number of hydrogen-bond donors (Lipinski definition) is 3. The molecule has 3 aliphatic rings. The van der Waals surface area contributed by atoms with E-state index in [1.807, 2.05) is 30.3 Å². The SMILES string of the molecule is CCCCCNC(=O)C1N([C@H](C)CO)C(=O)[C@@H]2[C@@H](C(=O)NCc3ccccc3)[C@H]3CCC12S3. The Morgan fingerprint density at radius 1 is 1.21 bits per heavy atom. The van der Waals surface area contributed by atoms with E-state index in [0.717, 1.165) is 37.7 Å². The van der Waals surface area contributed by atoms with E-state index < -0.39 is 28.7 Å². The van der Waals surface area contributed by atoms with E-state index >= 15 is 0 Å². The van der Waals surface area contributed by atoms with Crippen LogP contribution >= 0.6 is 11.8 Å². The quantitative estimate of drug-likeness (QED) is 0.452. The van der Waals surface area contributed by atoms with Crippen molar-refractivity contribution in [1.29, 1.82) is 0 Å². The second-order valence-electron chi connectivity index (χ2n) is 9.53. The van der Waals surface area contributed by atoms with Crippen LogP contribution in [0.15, 0.2) is 30.3 Å². The first-order valence-corrected chi connectivity index (χ1v) is 13.0. The van der Waals surface area contributed by atoms with E-state index in [4.69, 9.17) is 0 Å². The third-order valence-corrected chi connectivity index (χ3v) is 9.37. The van der Waals surface area contributed by atoms with Gasteiger partial charge in [0.05, 0.1) is 29.2 Å². The van der Waals surface area contributed by atoms with Crippen molar-refractivity contribution < 1.29 is 19.5 Å². The number of carbonyl (C=O) groups excluding carboxylic acids is 3. The number of carbonyl (C=O) groups is 3. The van der Waals surface area contributed by atoms with Crippen LogP contribution in [0, 0.1) is 11.8 Å². The number of thioether (sulfide) groups is 1. The van der Waals surface area contributed by atoms with Gasteiger partial charge in [-0.15, -0.1) is 11.8 Å². The molecule has 3 N–H and O–H groups in total. The molecule has 1 aromatic rings. The lowest BCUT2D eigenvalue weighted by molar-refractivity contribution is -0.142. The molecule has 0 aliphatic carbocycles. The van der Waals surface area contributed by atoms with E-state index in [-0.39, 0.29) is 29.6 Å². The van der Waals surface area contributed by atoms with Crippen molar-refractivity contribution in [3.05, 3.63) is 35.9 Å². The highest BCUT2D eigenvalue weighted by atomic mass is 32.2. The van der Waals surface area contributed by atoms with Gasteiger partial charge in [-0.25, -0.2) is 0 Å². The second-order valence-corrected chi connectivity index (χ2v) is 11.1. The summed E-state index contributed by atoms with van der Waals surface area (Å²) in [6.07, 6.45) is 4.56. The van der Waals surface area contributed by atoms with Gasteiger partial charge in [-0.3, -0.25) is 14.4 Å². The van der Waals surface area contributed by atoms with E-state index in [2.05, 4.69) is 17.6 Å². The molecule has 2 bridgehead atoms. The molecule has 0 aromatic heterocycles. The normalized spacial score (nSPS) is 30.9. The molecule has 2 unspecified atom stereocenters. The van der Waals surface area contributed by atoms with Gasteiger partial charge in [-0.05, 0) is 31.7 Å². The molecule has 1 aromatic carbocycles. The van der Waals surface area contributed by atoms with E-state index in [9.17, 15) is 19.5 Å². The Hall–Kier alpha value is -2.06. The maximum absolute atomic E-state index is 13.7. The minimum atomic E-state index is -0.652. The van der Waals surface area contributed by atoms with Crippen molar-refractivity contribution in [2.75, 3.05) is 13.2 Å². The molecular weight excluding hydrogens is 438 g/mol. The van der Waals surface area contributed by atoms with Crippen molar-refractivity contribution in [2.45, 2.75) is 74.6 Å². The molecule has 3 fully saturated rings. The molecule has 1 spiro atoms. The summed E-state index contributed by atoms with van der Waals surface area (Å²) in [5.41, 5.74) is 1.01. The molecule has 8 heteroatoms. The van der Waals surface area contributed by atoms with Crippen LogP contribution in [0.5, 0.6) is 0 Å². The number of unbranched alkanes of at least 4 members (excludes halogenated alkanes) is 2. The highest BCUT2D eigenvalue weighted by Crippen LogP contribution is 2.66. The van der Waals surface area contributed by atoms with E-state index in [1.165, 1.54) is 0 Å². The minimum Gasteiger partial charge on any atom is -0.394 e. The van der Waals surface area contributed by atoms with E-state index in [0.29, 0.717) is 13.1 Å². The third-order valence-electron chi connectivity index (χ3n) is 7.42. The molecule has 0 radical (unpaired) electrons. The van der Waals surface area contributed by atoms with Crippen LogP contribution in [0.4, 0.5) is 0 Å². The lowest BCUT2D eigenvalue weighted by atomic mass is 9.70. The van der Waals surface area contributed by atoms with Crippen molar-refractivity contribution in [2.24, 2.45) is 11.8 Å². The van der Waals surface area contributed by atoms with Gasteiger partial charge in [0.1, 0.15) is 6.04 Å². The average molecular weight is 474 g/mol. The average Bonchev–Trinajstić information content (AvgIpc) is 3.47. The van der Waals surface area contributed by atoms with E-state index in [1.54, 1.807) is 23.6 Å². The molecule has 3 heterocycles. The maximum Gasteiger partial charge on any atom is 0.244 e. The van der Waals surface area contributed by atoms with Crippen LogP contribution in [-0.4, -0.2) is 63.0 Å². The van der Waals surface area contributed by atoms with Gasteiger partial charge in [0.2, 0.25) is 17.7 Å². The summed E-state index contributed by atoms with van der Waals surface area (Å²) in [5.74, 6) is -1.42. The number of rotatable bonds is 10. The summed E-state index contributed by atoms with van der Waals surface area (Å²) in [4.78, 5) is 42.0. The predicted octanol–water partition coefficient (Wildman–Crippen LogP) is 2.08. The Morgan fingerprint density at radius 2 is 1.97 bits per heavy atom. The van der Waals surface area contributed by atoms with Crippen LogP contribution in [-0.2, 0) is 20.9 Å². The maximum atomic E-state index is 13.7. The van der Waals surface area contributed by atoms with Crippen molar-refractivity contribution in [3.8, 4) is 0 Å². The van der Waals surface area contributed by atoms with Gasteiger partial charge in [-0.1, -0.05) is 50.1 Å². The first-order valence-electron chi connectivity index (χ1n) is 12.1. The standard InChI is InChI=1S/C25H35N3O4S/c1-3-4-8-13-26-23(31)21-25-12-11-18(33-25)19(20(25)24(32)28(21)16(2)15-29)22(30)27-14-17-9-6-5-7-10-17/h5-7,9-10,16,18-21,29H,3-4,8,11-15H2,1-2H3,(H,26,31)(H,27,30)/t16-,18-,19+,20+,21?,25?/m1/s1. The molecule has 3 saturated heterocycles. The number of aliphatic hydroxyl groups excluding tert-OH is 1. The Bertz CT molecular complexity index is 882. The molecule has 33 heavy (non-hydrogen) atoms. The zero-order chi connectivity index (χ0) is 23.6. The van der Waals surface area contributed by atoms with Crippen molar-refractivity contribution >= 4 is 29.5 Å². The summed E-state index contributed by atoms with van der Waals surface area (Å²) in [5, 5.41) is 16.0. The predicted molar refractivity (Wildman–Crippen MR) is 128 cm³/mol. The summed E-state index contributed by atoms with van der Waals surface area (Å²) in [7, 11) is 0. The van der Waals surface area contributed by atoms with Gasteiger partial charge >= 0.3 is 0 Å². The smallest absolute Gasteiger partial charge is 0.244 e. The Labute approximate surface area is 200 Å². The summed E-state index contributed by atoms with van der Waals surface area (Å²) in [6.45, 7) is 4.66. The fourth-order valence-electron chi connectivity index (χ4n) is 5.84. The largest absolute Gasteiger partial charge is 0.394 e. The van der Waals surface area contributed by atoms with Crippen LogP contribution < -0.4 is 10.6 Å². The topological polar surface area (TPSA) is 98.7 Å². The van der Waals surface area contributed by atoms with Gasteiger partial charge in [-0.2, -0.15) is 0 Å². The Balaban J connectivity index is 1.56. The lowest BCUT2D eigenvalue weighted by Gasteiger charge is -2.36. The number of hydrogen-bond acceptors (Lipinski definition) is 5. The number of amides is 3. The summed E-state index contributed by atoms with van der Waals surface area (Å²) in [6, 6.07) is 8.59. The van der Waals surface area contributed by atoms with Crippen molar-refractivity contribution in [3.63, 3.8) is 0 Å². The minimum absolute atomic E-state index is 0.0386. The summed E-state index contributed by atoms with van der Waals surface area (Å²) >= 11 is 1.66. The fraction of sp³-hybridized carbons (Fsp3) is 0.640. The zero-order valence-electron chi connectivity index (χ0n) is 19.5. The monoisotopic (exact) mass is 473 g/mol. The second kappa shape index (κ2) is 10.1. The molecule has 180 valence electrons. The molecule has 6 atom stereocenters. The fourth-order valence-corrected chi connectivity index (χ4v) is 8.05. The molecule has 0 saturated carbocycles. The number of aliphatic hydroxyl groups is 1. The van der Waals surface area contributed by atoms with Gasteiger partial charge in [0, 0.05) is 18.3 Å². The molecule has 4 rings (SSSR count). The lowest BCUT2D eigenvalue weighted by Crippen LogP contribution is -2.56. The molecular formula is C25H35N3O4S. The zero-order valence-corrected chi connectivity index (χ0v) is 20.3. The molecule has 7 nitrogen and oxygen atoms in total. The Morgan fingerprint density at radius 3 is 2.67 bits per heavy atom. The summed E-state index contributed by atoms with van der Waals surface area (Å²) < 4.78 is -0.602. The first-order chi connectivity index (χ1) is 15.9. The number of nitrogens with one attached hydrogen (secondary N) is 2. The number of nitrogens with zero attached hydrogens (tertiary/aromatic N) is 1. The first kappa shape index (κ1) is 24.1. The Kier molecular flexibility index (Phi) is 7.34. The number of fused-ring (bicyclic) bond motifs is 1. The van der Waals surface area contributed by atoms with Gasteiger partial charge in [0.25, 0.3) is 0 Å². The van der Waals surface area contributed by atoms with Crippen LogP contribution in [0.25, 0.3) is 0 Å². The van der Waals surface area contributed by atoms with Crippen LogP contribution in [0.2, 0.25) is 0 Å². The van der Waals surface area contributed by atoms with Gasteiger partial charge in [0.15, 0.2) is 0 Å². The molecule has 3 amide bonds. The molecule has 3 aliphatic heterocycles. The van der Waals surface area contributed by atoms with Gasteiger partial charge < -0.3 is 20.6 Å².